The Morgan fingerprint density at radius 1 is 1.00 bits per heavy atom. The van der Waals surface area contributed by atoms with Crippen LogP contribution in [0.4, 0.5) is 0 Å². The lowest BCUT2D eigenvalue weighted by Crippen LogP contribution is -2.03. The van der Waals surface area contributed by atoms with Gasteiger partial charge in [-0.2, -0.15) is 11.3 Å². The zero-order chi connectivity index (χ0) is 11.9. The van der Waals surface area contributed by atoms with Crippen molar-refractivity contribution in [2.45, 2.75) is 12.8 Å². The topological polar surface area (TPSA) is 35.2 Å². The minimum absolute atomic E-state index is 0.693. The summed E-state index contributed by atoms with van der Waals surface area (Å²) < 4.78 is 5.69. The summed E-state index contributed by atoms with van der Waals surface area (Å²) in [6.07, 6.45) is 1.89. The quantitative estimate of drug-likeness (QED) is 0.852. The van der Waals surface area contributed by atoms with E-state index in [4.69, 9.17) is 10.5 Å². The van der Waals surface area contributed by atoms with Crippen molar-refractivity contribution < 1.29 is 4.74 Å². The molecule has 1 aromatic heterocycles. The monoisotopic (exact) mass is 247 g/mol. The lowest BCUT2D eigenvalue weighted by Gasteiger charge is -2.06. The van der Waals surface area contributed by atoms with Gasteiger partial charge in [-0.15, -0.1) is 0 Å². The molecule has 3 heteroatoms. The predicted octanol–water partition coefficient (Wildman–Crippen LogP) is 2.87. The Hall–Kier alpha value is -1.32. The Kier molecular flexibility index (Phi) is 4.59. The molecule has 0 unspecified atom stereocenters. The standard InChI is InChI=1S/C14H17NOS/c15-8-5-12-1-3-14(4-2-12)16-9-6-13-7-10-17-11-13/h1-4,7,10-11H,5-6,8-9,15H2. The van der Waals surface area contributed by atoms with Crippen molar-refractivity contribution in [3.8, 4) is 5.75 Å². The molecule has 0 atom stereocenters. The first kappa shape index (κ1) is 12.1. The van der Waals surface area contributed by atoms with E-state index in [1.165, 1.54) is 11.1 Å². The van der Waals surface area contributed by atoms with Crippen LogP contribution in [-0.4, -0.2) is 13.2 Å². The van der Waals surface area contributed by atoms with E-state index in [-0.39, 0.29) is 0 Å². The van der Waals surface area contributed by atoms with Gasteiger partial charge < -0.3 is 10.5 Å². The van der Waals surface area contributed by atoms with Crippen LogP contribution >= 0.6 is 11.3 Å². The Balaban J connectivity index is 1.79. The third-order valence-corrected chi connectivity index (χ3v) is 3.33. The van der Waals surface area contributed by atoms with Gasteiger partial charge in [-0.25, -0.2) is 0 Å². The Morgan fingerprint density at radius 2 is 1.82 bits per heavy atom. The largest absolute Gasteiger partial charge is 0.493 e. The van der Waals surface area contributed by atoms with Crippen LogP contribution in [0.15, 0.2) is 41.1 Å². The number of thiophene rings is 1. The van der Waals surface area contributed by atoms with Crippen LogP contribution in [0, 0.1) is 0 Å². The number of ether oxygens (including phenoxy) is 1. The molecule has 90 valence electrons. The summed E-state index contributed by atoms with van der Waals surface area (Å²) in [6.45, 7) is 1.42. The van der Waals surface area contributed by atoms with Gasteiger partial charge in [0.25, 0.3) is 0 Å². The van der Waals surface area contributed by atoms with Crippen molar-refractivity contribution in [1.82, 2.24) is 0 Å². The molecule has 0 spiro atoms. The molecular weight excluding hydrogens is 230 g/mol. The fourth-order valence-electron chi connectivity index (χ4n) is 1.64. The third-order valence-electron chi connectivity index (χ3n) is 2.60. The third kappa shape index (κ3) is 3.88. The van der Waals surface area contributed by atoms with Gasteiger partial charge in [-0.3, -0.25) is 0 Å². The summed E-state index contributed by atoms with van der Waals surface area (Å²) in [5.41, 5.74) is 8.11. The molecule has 0 saturated carbocycles. The highest BCUT2D eigenvalue weighted by Crippen LogP contribution is 2.13. The first-order valence-corrected chi connectivity index (χ1v) is 6.75. The van der Waals surface area contributed by atoms with Crippen molar-refractivity contribution in [2.75, 3.05) is 13.2 Å². The van der Waals surface area contributed by atoms with Gasteiger partial charge in [-0.05, 0) is 53.1 Å². The lowest BCUT2D eigenvalue weighted by atomic mass is 10.1. The van der Waals surface area contributed by atoms with Crippen molar-refractivity contribution in [1.29, 1.82) is 0 Å². The molecule has 0 fully saturated rings. The van der Waals surface area contributed by atoms with Gasteiger partial charge in [0.15, 0.2) is 0 Å². The van der Waals surface area contributed by atoms with E-state index < -0.39 is 0 Å². The van der Waals surface area contributed by atoms with Gasteiger partial charge in [0, 0.05) is 6.42 Å². The molecule has 0 aliphatic carbocycles. The predicted molar refractivity (Wildman–Crippen MR) is 72.7 cm³/mol. The molecule has 2 rings (SSSR count). The molecule has 0 bridgehead atoms. The summed E-state index contributed by atoms with van der Waals surface area (Å²) in [4.78, 5) is 0. The molecule has 0 amide bonds. The minimum atomic E-state index is 0.693. The molecule has 0 aliphatic rings. The highest BCUT2D eigenvalue weighted by atomic mass is 32.1. The Bertz CT molecular complexity index is 422. The minimum Gasteiger partial charge on any atom is -0.493 e. The second kappa shape index (κ2) is 6.42. The molecule has 2 aromatic rings. The number of hydrogen-bond donors (Lipinski definition) is 1. The molecule has 0 radical (unpaired) electrons. The van der Waals surface area contributed by atoms with E-state index in [1.54, 1.807) is 11.3 Å². The first-order chi connectivity index (χ1) is 8.38. The van der Waals surface area contributed by atoms with Crippen LogP contribution in [0.1, 0.15) is 11.1 Å². The maximum Gasteiger partial charge on any atom is 0.119 e. The fraction of sp³-hybridized carbons (Fsp3) is 0.286. The van der Waals surface area contributed by atoms with E-state index >= 15 is 0 Å². The highest BCUT2D eigenvalue weighted by Gasteiger charge is 1.97. The second-order valence-electron chi connectivity index (χ2n) is 3.91. The van der Waals surface area contributed by atoms with Gasteiger partial charge in [0.2, 0.25) is 0 Å². The Morgan fingerprint density at radius 3 is 2.47 bits per heavy atom. The van der Waals surface area contributed by atoms with Crippen LogP contribution in [0.5, 0.6) is 5.75 Å². The SMILES string of the molecule is NCCc1ccc(OCCc2ccsc2)cc1. The fourth-order valence-corrected chi connectivity index (χ4v) is 2.34. The molecular formula is C14H17NOS. The highest BCUT2D eigenvalue weighted by molar-refractivity contribution is 7.07. The molecule has 0 aliphatic heterocycles. The van der Waals surface area contributed by atoms with Gasteiger partial charge in [0.1, 0.15) is 5.75 Å². The lowest BCUT2D eigenvalue weighted by molar-refractivity contribution is 0.322. The van der Waals surface area contributed by atoms with Crippen molar-refractivity contribution in [3.05, 3.63) is 52.2 Å². The van der Waals surface area contributed by atoms with Crippen LogP contribution in [0.2, 0.25) is 0 Å². The first-order valence-electron chi connectivity index (χ1n) is 5.81. The number of benzene rings is 1. The molecule has 1 aromatic carbocycles. The number of rotatable bonds is 6. The number of hydrogen-bond acceptors (Lipinski definition) is 3. The molecule has 17 heavy (non-hydrogen) atoms. The summed E-state index contributed by atoms with van der Waals surface area (Å²) in [6, 6.07) is 10.3. The van der Waals surface area contributed by atoms with Gasteiger partial charge in [-0.1, -0.05) is 12.1 Å². The van der Waals surface area contributed by atoms with E-state index in [2.05, 4.69) is 29.0 Å². The molecule has 2 nitrogen and oxygen atoms in total. The van der Waals surface area contributed by atoms with Crippen LogP contribution < -0.4 is 10.5 Å². The van der Waals surface area contributed by atoms with Crippen molar-refractivity contribution >= 4 is 11.3 Å². The molecule has 0 saturated heterocycles. The van der Waals surface area contributed by atoms with E-state index in [1.807, 2.05) is 12.1 Å². The van der Waals surface area contributed by atoms with E-state index in [0.717, 1.165) is 25.2 Å². The molecule has 1 heterocycles. The normalized spacial score (nSPS) is 10.4. The van der Waals surface area contributed by atoms with Crippen molar-refractivity contribution in [3.63, 3.8) is 0 Å². The summed E-state index contributed by atoms with van der Waals surface area (Å²) >= 11 is 1.73. The summed E-state index contributed by atoms with van der Waals surface area (Å²) in [5.74, 6) is 0.931. The zero-order valence-electron chi connectivity index (χ0n) is 9.76. The zero-order valence-corrected chi connectivity index (χ0v) is 10.6. The smallest absolute Gasteiger partial charge is 0.119 e. The second-order valence-corrected chi connectivity index (χ2v) is 4.69. The van der Waals surface area contributed by atoms with Gasteiger partial charge in [0.05, 0.1) is 6.61 Å². The van der Waals surface area contributed by atoms with Gasteiger partial charge >= 0.3 is 0 Å². The maximum atomic E-state index is 5.69. The van der Waals surface area contributed by atoms with E-state index in [9.17, 15) is 0 Å². The van der Waals surface area contributed by atoms with Crippen molar-refractivity contribution in [2.24, 2.45) is 5.73 Å². The average Bonchev–Trinajstić information content (AvgIpc) is 2.85. The Labute approximate surface area is 106 Å². The average molecular weight is 247 g/mol. The summed E-state index contributed by atoms with van der Waals surface area (Å²) in [7, 11) is 0. The van der Waals surface area contributed by atoms with E-state index in [0.29, 0.717) is 6.54 Å². The molecule has 2 N–H and O–H groups in total. The van der Waals surface area contributed by atoms with Crippen LogP contribution in [0.3, 0.4) is 0 Å². The number of nitrogens with two attached hydrogens (primary N) is 1. The maximum absolute atomic E-state index is 5.69. The van der Waals surface area contributed by atoms with Crippen LogP contribution in [-0.2, 0) is 12.8 Å². The van der Waals surface area contributed by atoms with Crippen LogP contribution in [0.25, 0.3) is 0 Å². The summed E-state index contributed by atoms with van der Waals surface area (Å²) in [5, 5.41) is 4.25.